The molecule has 24 heavy (non-hydrogen) atoms. The maximum Gasteiger partial charge on any atom is 0.339 e. The van der Waals surface area contributed by atoms with Crippen LogP contribution >= 0.6 is 0 Å². The minimum atomic E-state index is -0.547. The summed E-state index contributed by atoms with van der Waals surface area (Å²) >= 11 is 0. The molecule has 8 heteroatoms. The molecule has 0 spiro atoms. The van der Waals surface area contributed by atoms with Gasteiger partial charge in [0.05, 0.1) is 29.8 Å². The zero-order valence-electron chi connectivity index (χ0n) is 12.8. The van der Waals surface area contributed by atoms with Gasteiger partial charge in [-0.05, 0) is 24.3 Å². The second kappa shape index (κ2) is 7.73. The molecule has 0 saturated heterocycles. The first-order chi connectivity index (χ1) is 11.5. The van der Waals surface area contributed by atoms with Crippen molar-refractivity contribution in [2.75, 3.05) is 24.3 Å². The molecule has 0 saturated carbocycles. The molecule has 0 heterocycles. The zero-order valence-corrected chi connectivity index (χ0v) is 12.8. The number of non-ortho nitro benzene ring substituents is 1. The van der Waals surface area contributed by atoms with Gasteiger partial charge >= 0.3 is 5.97 Å². The number of nitro benzene ring substituents is 1. The Morgan fingerprint density at radius 1 is 1.12 bits per heavy atom. The molecule has 0 aliphatic heterocycles. The van der Waals surface area contributed by atoms with Gasteiger partial charge in [-0.2, -0.15) is 0 Å². The lowest BCUT2D eigenvalue weighted by Crippen LogP contribution is -2.23. The number of carbonyl (C=O) groups is 2. The first kappa shape index (κ1) is 16.9. The van der Waals surface area contributed by atoms with Crippen molar-refractivity contribution in [1.29, 1.82) is 0 Å². The second-order valence-electron chi connectivity index (χ2n) is 4.74. The van der Waals surface area contributed by atoms with Gasteiger partial charge in [0.25, 0.3) is 5.69 Å². The molecule has 1 amide bonds. The van der Waals surface area contributed by atoms with E-state index in [1.54, 1.807) is 24.3 Å². The van der Waals surface area contributed by atoms with Gasteiger partial charge in [-0.1, -0.05) is 12.1 Å². The van der Waals surface area contributed by atoms with Crippen LogP contribution in [0.15, 0.2) is 48.5 Å². The van der Waals surface area contributed by atoms with E-state index in [9.17, 15) is 19.7 Å². The number of methoxy groups -OCH3 is 1. The number of nitrogens with zero attached hydrogens (tertiary/aromatic N) is 1. The van der Waals surface area contributed by atoms with Crippen LogP contribution < -0.4 is 10.6 Å². The van der Waals surface area contributed by atoms with Crippen LogP contribution in [0.25, 0.3) is 0 Å². The monoisotopic (exact) mass is 329 g/mol. The first-order valence-corrected chi connectivity index (χ1v) is 6.97. The standard InChI is InChI=1S/C16H15N3O5/c1-24-16(21)13-4-2-3-5-14(13)18-15(20)10-17-11-6-8-12(9-7-11)19(22)23/h2-9,17H,10H2,1H3,(H,18,20). The fourth-order valence-corrected chi connectivity index (χ4v) is 1.96. The number of benzene rings is 2. The third-order valence-corrected chi connectivity index (χ3v) is 3.14. The molecule has 0 bridgehead atoms. The third-order valence-electron chi connectivity index (χ3n) is 3.14. The number of nitro groups is 1. The van der Waals surface area contributed by atoms with E-state index in [1.807, 2.05) is 0 Å². The predicted molar refractivity (Wildman–Crippen MR) is 88.0 cm³/mol. The molecule has 2 aromatic rings. The number of amides is 1. The summed E-state index contributed by atoms with van der Waals surface area (Å²) in [5.41, 5.74) is 1.14. The minimum Gasteiger partial charge on any atom is -0.465 e. The van der Waals surface area contributed by atoms with Crippen LogP contribution in [0, 0.1) is 10.1 Å². The van der Waals surface area contributed by atoms with E-state index in [4.69, 9.17) is 0 Å². The molecular formula is C16H15N3O5. The molecule has 0 aliphatic carbocycles. The van der Waals surface area contributed by atoms with Gasteiger partial charge in [0.15, 0.2) is 0 Å². The maximum atomic E-state index is 12.0. The summed E-state index contributed by atoms with van der Waals surface area (Å²) < 4.78 is 4.66. The van der Waals surface area contributed by atoms with Crippen molar-refractivity contribution in [1.82, 2.24) is 0 Å². The van der Waals surface area contributed by atoms with Gasteiger partial charge in [-0.25, -0.2) is 4.79 Å². The molecule has 0 fully saturated rings. The van der Waals surface area contributed by atoms with Crippen molar-refractivity contribution in [3.8, 4) is 0 Å². The number of rotatable bonds is 6. The smallest absolute Gasteiger partial charge is 0.339 e. The fraction of sp³-hybridized carbons (Fsp3) is 0.125. The average Bonchev–Trinajstić information content (AvgIpc) is 2.60. The lowest BCUT2D eigenvalue weighted by atomic mass is 10.2. The molecule has 124 valence electrons. The lowest BCUT2D eigenvalue weighted by Gasteiger charge is -2.10. The fourth-order valence-electron chi connectivity index (χ4n) is 1.96. The highest BCUT2D eigenvalue weighted by Crippen LogP contribution is 2.17. The zero-order chi connectivity index (χ0) is 17.5. The summed E-state index contributed by atoms with van der Waals surface area (Å²) in [4.78, 5) is 33.7. The van der Waals surface area contributed by atoms with Crippen LogP contribution in [0.1, 0.15) is 10.4 Å². The van der Waals surface area contributed by atoms with Crippen molar-refractivity contribution in [2.24, 2.45) is 0 Å². The molecule has 0 unspecified atom stereocenters. The van der Waals surface area contributed by atoms with Crippen LogP contribution in [0.3, 0.4) is 0 Å². The number of hydrogen-bond acceptors (Lipinski definition) is 6. The maximum absolute atomic E-state index is 12.0. The molecule has 2 aromatic carbocycles. The Bertz CT molecular complexity index is 759. The van der Waals surface area contributed by atoms with Crippen LogP contribution in [0.2, 0.25) is 0 Å². The van der Waals surface area contributed by atoms with E-state index in [2.05, 4.69) is 15.4 Å². The summed E-state index contributed by atoms with van der Waals surface area (Å²) in [6.07, 6.45) is 0. The van der Waals surface area contributed by atoms with Gasteiger partial charge in [-0.15, -0.1) is 0 Å². The first-order valence-electron chi connectivity index (χ1n) is 6.97. The number of ether oxygens (including phenoxy) is 1. The normalized spacial score (nSPS) is 9.88. The van der Waals surface area contributed by atoms with Crippen LogP contribution in [0.4, 0.5) is 17.1 Å². The number of nitrogens with one attached hydrogen (secondary N) is 2. The quantitative estimate of drug-likeness (QED) is 0.478. The van der Waals surface area contributed by atoms with Crippen molar-refractivity contribution < 1.29 is 19.2 Å². The largest absolute Gasteiger partial charge is 0.465 e. The molecule has 0 atom stereocenters. The Morgan fingerprint density at radius 3 is 2.42 bits per heavy atom. The average molecular weight is 329 g/mol. The Hall–Kier alpha value is -3.42. The van der Waals surface area contributed by atoms with E-state index < -0.39 is 10.9 Å². The van der Waals surface area contributed by atoms with Crippen molar-refractivity contribution >= 4 is 28.9 Å². The minimum absolute atomic E-state index is 0.0305. The molecule has 2 rings (SSSR count). The second-order valence-corrected chi connectivity index (χ2v) is 4.74. The van der Waals surface area contributed by atoms with Gasteiger partial charge < -0.3 is 15.4 Å². The highest BCUT2D eigenvalue weighted by atomic mass is 16.6. The van der Waals surface area contributed by atoms with Crippen molar-refractivity contribution in [3.63, 3.8) is 0 Å². The van der Waals surface area contributed by atoms with Crippen LogP contribution in [0.5, 0.6) is 0 Å². The predicted octanol–water partition coefficient (Wildman–Crippen LogP) is 2.43. The van der Waals surface area contributed by atoms with E-state index in [1.165, 1.54) is 31.4 Å². The van der Waals surface area contributed by atoms with Gasteiger partial charge in [0, 0.05) is 17.8 Å². The molecule has 0 aliphatic rings. The van der Waals surface area contributed by atoms with Gasteiger partial charge in [-0.3, -0.25) is 14.9 Å². The Kier molecular flexibility index (Phi) is 5.45. The van der Waals surface area contributed by atoms with E-state index in [0.29, 0.717) is 11.4 Å². The summed E-state index contributed by atoms with van der Waals surface area (Å²) in [7, 11) is 1.26. The van der Waals surface area contributed by atoms with E-state index in [0.717, 1.165) is 0 Å². The van der Waals surface area contributed by atoms with Crippen molar-refractivity contribution in [3.05, 3.63) is 64.2 Å². The number of carbonyl (C=O) groups excluding carboxylic acids is 2. The summed E-state index contributed by atoms with van der Waals surface area (Å²) in [5.74, 6) is -0.918. The number of para-hydroxylation sites is 1. The SMILES string of the molecule is COC(=O)c1ccccc1NC(=O)CNc1ccc([N+](=O)[O-])cc1. The third kappa shape index (κ3) is 4.29. The Morgan fingerprint density at radius 2 is 1.79 bits per heavy atom. The topological polar surface area (TPSA) is 111 Å². The molecule has 2 N–H and O–H groups in total. The van der Waals surface area contributed by atoms with Crippen LogP contribution in [-0.4, -0.2) is 30.5 Å². The number of hydrogen-bond donors (Lipinski definition) is 2. The van der Waals surface area contributed by atoms with Gasteiger partial charge in [0.2, 0.25) is 5.91 Å². The lowest BCUT2D eigenvalue weighted by molar-refractivity contribution is -0.384. The van der Waals surface area contributed by atoms with E-state index in [-0.39, 0.29) is 23.7 Å². The highest BCUT2D eigenvalue weighted by Gasteiger charge is 2.13. The Balaban J connectivity index is 1.96. The van der Waals surface area contributed by atoms with Crippen LogP contribution in [-0.2, 0) is 9.53 Å². The molecule has 8 nitrogen and oxygen atoms in total. The number of anilines is 2. The summed E-state index contributed by atoms with van der Waals surface area (Å²) in [6, 6.07) is 12.2. The van der Waals surface area contributed by atoms with Gasteiger partial charge in [0.1, 0.15) is 0 Å². The Labute approximate surface area is 137 Å². The summed E-state index contributed by atoms with van der Waals surface area (Å²) in [6.45, 7) is -0.0622. The number of esters is 1. The summed E-state index contributed by atoms with van der Waals surface area (Å²) in [5, 5.41) is 16.0. The molecular weight excluding hydrogens is 314 g/mol. The van der Waals surface area contributed by atoms with Crippen molar-refractivity contribution in [2.45, 2.75) is 0 Å². The molecule has 0 radical (unpaired) electrons. The van der Waals surface area contributed by atoms with E-state index >= 15 is 0 Å². The highest BCUT2D eigenvalue weighted by molar-refractivity contribution is 6.02. The molecule has 0 aromatic heterocycles.